The first-order chi connectivity index (χ1) is 16.5. The van der Waals surface area contributed by atoms with Gasteiger partial charge in [-0.05, 0) is 75.0 Å². The molecule has 0 rings (SSSR count). The van der Waals surface area contributed by atoms with Crippen LogP contribution in [0.25, 0.3) is 0 Å². The third-order valence-electron chi connectivity index (χ3n) is 4.55. The first-order valence-corrected chi connectivity index (χ1v) is 20.1. The zero-order valence-electron chi connectivity index (χ0n) is 22.7. The van der Waals surface area contributed by atoms with E-state index >= 15 is 0 Å². The van der Waals surface area contributed by atoms with Crippen LogP contribution in [0.4, 0.5) is 0 Å². The minimum atomic E-state index is -3.10. The van der Waals surface area contributed by atoms with E-state index in [1.807, 2.05) is 0 Å². The van der Waals surface area contributed by atoms with Crippen LogP contribution in [0.15, 0.2) is 0 Å². The summed E-state index contributed by atoms with van der Waals surface area (Å²) in [6, 6.07) is 0. The van der Waals surface area contributed by atoms with Gasteiger partial charge >= 0.3 is 21.7 Å². The van der Waals surface area contributed by atoms with Crippen molar-refractivity contribution in [3.8, 4) is 0 Å². The molecule has 0 aliphatic rings. The van der Waals surface area contributed by atoms with E-state index in [0.29, 0.717) is 25.7 Å². The van der Waals surface area contributed by atoms with E-state index in [1.54, 1.807) is 27.7 Å². The van der Waals surface area contributed by atoms with Crippen molar-refractivity contribution in [3.05, 3.63) is 0 Å². The van der Waals surface area contributed by atoms with Crippen LogP contribution in [0.1, 0.15) is 53.4 Å². The molecule has 0 amide bonds. The number of hydrogen-bond acceptors (Lipinski definition) is 12. The average Bonchev–Trinajstić information content (AvgIpc) is 2.85. The number of rotatable bonds is 16. The molecule has 4 unspecified atom stereocenters. The van der Waals surface area contributed by atoms with Crippen LogP contribution in [-0.4, -0.2) is 96.1 Å². The summed E-state index contributed by atoms with van der Waals surface area (Å²) in [6.45, 7) is 6.32. The number of aliphatic hydroxyl groups excluding tert-OH is 4. The van der Waals surface area contributed by atoms with E-state index < -0.39 is 29.5 Å². The standard InChI is InChI=1S/4C5H13O3P.Ti/c4*1-2-9(7,8)5-3-4-6;/h4*6H,2-5H2,1H3,(H,7,8);/q;;;;+4/p-4. The second-order valence-electron chi connectivity index (χ2n) is 7.73. The first kappa shape index (κ1) is 48.1. The molecule has 0 aromatic carbocycles. The second kappa shape index (κ2) is 28.8. The van der Waals surface area contributed by atoms with E-state index in [2.05, 4.69) is 0 Å². The maximum Gasteiger partial charge on any atom is 4.00 e. The van der Waals surface area contributed by atoms with Crippen LogP contribution < -0.4 is 19.6 Å². The van der Waals surface area contributed by atoms with Crippen molar-refractivity contribution in [1.29, 1.82) is 0 Å². The number of hydrogen-bond donors (Lipinski definition) is 4. The van der Waals surface area contributed by atoms with Crippen molar-refractivity contribution in [2.45, 2.75) is 53.4 Å². The quantitative estimate of drug-likeness (QED) is 0.128. The molecular formula is C20H48O12P4Ti. The van der Waals surface area contributed by atoms with Crippen LogP contribution in [0.2, 0.25) is 0 Å². The maximum absolute atomic E-state index is 10.7. The smallest absolute Gasteiger partial charge is 0.799 e. The Labute approximate surface area is 238 Å². The molecule has 0 fully saturated rings. The minimum Gasteiger partial charge on any atom is -0.799 e. The fraction of sp³-hybridized carbons (Fsp3) is 1.00. The third kappa shape index (κ3) is 41.9. The monoisotopic (exact) mass is 652 g/mol. The van der Waals surface area contributed by atoms with Gasteiger partial charge in [0.2, 0.25) is 0 Å². The van der Waals surface area contributed by atoms with Gasteiger partial charge in [0.05, 0.1) is 0 Å². The Morgan fingerprint density at radius 2 is 0.568 bits per heavy atom. The maximum atomic E-state index is 10.7. The van der Waals surface area contributed by atoms with Crippen LogP contribution >= 0.6 is 29.5 Å². The normalized spacial score (nSPS) is 16.8. The molecule has 0 radical (unpaired) electrons. The summed E-state index contributed by atoms with van der Waals surface area (Å²) in [5.74, 6) is 0. The Kier molecular flexibility index (Phi) is 37.5. The molecule has 4 N–H and O–H groups in total. The van der Waals surface area contributed by atoms with Crippen LogP contribution in [0, 0.1) is 0 Å². The SMILES string of the molecule is CCP(=O)([O-])CCCO.CCP(=O)([O-])CCCO.CCP(=O)([O-])CCCO.CCP(=O)([O-])CCCO.[Ti+4]. The summed E-state index contributed by atoms with van der Waals surface area (Å²) in [5.41, 5.74) is 0. The second-order valence-corrected chi connectivity index (χ2v) is 18.6. The molecule has 0 spiro atoms. The van der Waals surface area contributed by atoms with E-state index in [1.165, 1.54) is 0 Å². The van der Waals surface area contributed by atoms with Gasteiger partial charge in [0.15, 0.2) is 0 Å². The fourth-order valence-corrected chi connectivity index (χ4v) is 5.64. The Morgan fingerprint density at radius 1 is 0.432 bits per heavy atom. The van der Waals surface area contributed by atoms with Crippen LogP contribution in [0.3, 0.4) is 0 Å². The predicted octanol–water partition coefficient (Wildman–Crippen LogP) is 0.106. The van der Waals surface area contributed by atoms with Crippen LogP contribution in [-0.2, 0) is 40.0 Å². The Hall–Kier alpha value is 1.31. The molecule has 0 heterocycles. The molecule has 4 atom stereocenters. The van der Waals surface area contributed by atoms with Gasteiger partial charge in [-0.1, -0.05) is 27.7 Å². The molecular weight excluding hydrogens is 604 g/mol. The molecule has 0 aromatic rings. The predicted molar refractivity (Wildman–Crippen MR) is 139 cm³/mol. The molecule has 0 saturated heterocycles. The van der Waals surface area contributed by atoms with Gasteiger partial charge in [-0.15, -0.1) is 0 Å². The summed E-state index contributed by atoms with van der Waals surface area (Å²) < 4.78 is 42.7. The Balaban J connectivity index is -0.000000122. The zero-order chi connectivity index (χ0) is 29.3. The van der Waals surface area contributed by atoms with Gasteiger partial charge in [0.25, 0.3) is 0 Å². The van der Waals surface area contributed by atoms with Crippen molar-refractivity contribution >= 4 is 29.5 Å². The minimum absolute atomic E-state index is 0. The molecule has 17 heteroatoms. The Bertz CT molecular complexity index is 570. The fourth-order valence-electron chi connectivity index (χ4n) is 1.88. The van der Waals surface area contributed by atoms with E-state index in [4.69, 9.17) is 20.4 Å². The molecule has 0 aliphatic carbocycles. The van der Waals surface area contributed by atoms with Crippen molar-refractivity contribution in [3.63, 3.8) is 0 Å². The van der Waals surface area contributed by atoms with Crippen molar-refractivity contribution in [2.75, 3.05) is 75.7 Å². The summed E-state index contributed by atoms with van der Waals surface area (Å²) in [5, 5.41) is 33.1. The number of aliphatic hydroxyl groups is 4. The van der Waals surface area contributed by atoms with E-state index in [0.717, 1.165) is 0 Å². The van der Waals surface area contributed by atoms with Gasteiger partial charge in [-0.3, -0.25) is 0 Å². The van der Waals surface area contributed by atoms with Gasteiger partial charge in [-0.25, -0.2) is 0 Å². The average molecular weight is 652 g/mol. The van der Waals surface area contributed by atoms with Gasteiger partial charge < -0.3 is 58.3 Å². The topological polar surface area (TPSA) is 241 Å². The molecule has 12 nitrogen and oxygen atoms in total. The van der Waals surface area contributed by atoms with Crippen molar-refractivity contribution in [1.82, 2.24) is 0 Å². The van der Waals surface area contributed by atoms with E-state index in [-0.39, 0.29) is 97.4 Å². The third-order valence-corrected chi connectivity index (χ3v) is 12.4. The van der Waals surface area contributed by atoms with Crippen LogP contribution in [0.5, 0.6) is 0 Å². The summed E-state index contributed by atoms with van der Waals surface area (Å²) in [6.07, 6.45) is 2.84. The first-order valence-electron chi connectivity index (χ1n) is 12.1. The van der Waals surface area contributed by atoms with Crippen molar-refractivity contribution < 1.29 is 80.0 Å². The van der Waals surface area contributed by atoms with E-state index in [9.17, 15) is 37.8 Å². The van der Waals surface area contributed by atoms with Gasteiger partial charge in [-0.2, -0.15) is 0 Å². The summed E-state index contributed by atoms with van der Waals surface area (Å²) in [4.78, 5) is 42.7. The molecule has 0 bridgehead atoms. The zero-order valence-corrected chi connectivity index (χ0v) is 27.8. The van der Waals surface area contributed by atoms with Crippen molar-refractivity contribution in [2.24, 2.45) is 0 Å². The molecule has 37 heavy (non-hydrogen) atoms. The molecule has 0 aliphatic heterocycles. The van der Waals surface area contributed by atoms with Gasteiger partial charge in [0, 0.05) is 55.9 Å². The summed E-state index contributed by atoms with van der Waals surface area (Å²) in [7, 11) is -12.4. The molecule has 0 saturated carbocycles. The molecule has 224 valence electrons. The van der Waals surface area contributed by atoms with Gasteiger partial charge in [0.1, 0.15) is 0 Å². The molecule has 0 aromatic heterocycles. The Morgan fingerprint density at radius 3 is 0.649 bits per heavy atom. The summed E-state index contributed by atoms with van der Waals surface area (Å²) >= 11 is 0. The largest absolute Gasteiger partial charge is 4.00 e.